The minimum Gasteiger partial charge on any atom is -0.467 e. The number of nitrogens with zero attached hydrogens (tertiary/aromatic N) is 1. The van der Waals surface area contributed by atoms with Gasteiger partial charge in [-0.15, -0.1) is 0 Å². The van der Waals surface area contributed by atoms with Crippen LogP contribution in [0.3, 0.4) is 0 Å². The molecule has 0 heterocycles. The summed E-state index contributed by atoms with van der Waals surface area (Å²) in [5.41, 5.74) is -0.624. The third-order valence-corrected chi connectivity index (χ3v) is 2.00. The highest BCUT2D eigenvalue weighted by molar-refractivity contribution is 5.81. The first-order valence-electron chi connectivity index (χ1n) is 6.33. The van der Waals surface area contributed by atoms with Crippen LogP contribution in [0.1, 0.15) is 27.2 Å². The van der Waals surface area contributed by atoms with Crippen molar-refractivity contribution in [2.24, 2.45) is 0 Å². The molecule has 0 aliphatic rings. The molecule has 6 heteroatoms. The number of ether oxygens (including phenoxy) is 2. The van der Waals surface area contributed by atoms with E-state index < -0.39 is 23.7 Å². The van der Waals surface area contributed by atoms with Crippen molar-refractivity contribution in [3.63, 3.8) is 0 Å². The maximum absolute atomic E-state index is 11.6. The van der Waals surface area contributed by atoms with E-state index in [1.54, 1.807) is 20.8 Å². The van der Waals surface area contributed by atoms with Crippen molar-refractivity contribution < 1.29 is 19.1 Å². The Balaban J connectivity index is 4.53. The average Bonchev–Trinajstić information content (AvgIpc) is 2.29. The molecule has 0 rings (SSSR count). The average molecular weight is 284 g/mol. The lowest BCUT2D eigenvalue weighted by molar-refractivity contribution is -0.143. The summed E-state index contributed by atoms with van der Waals surface area (Å²) in [6, 6.07) is -0.829. The molecule has 0 bridgehead atoms. The molecule has 6 nitrogen and oxygen atoms in total. The Hall–Kier alpha value is -1.74. The summed E-state index contributed by atoms with van der Waals surface area (Å²) in [5, 5.41) is 2.46. The largest absolute Gasteiger partial charge is 0.467 e. The Morgan fingerprint density at radius 1 is 1.25 bits per heavy atom. The molecule has 1 amide bonds. The van der Waals surface area contributed by atoms with Crippen molar-refractivity contribution in [1.29, 1.82) is 0 Å². The van der Waals surface area contributed by atoms with Crippen molar-refractivity contribution in [3.8, 4) is 11.8 Å². The summed E-state index contributed by atoms with van der Waals surface area (Å²) < 4.78 is 9.73. The Morgan fingerprint density at radius 3 is 2.30 bits per heavy atom. The summed E-state index contributed by atoms with van der Waals surface area (Å²) in [7, 11) is 5.05. The minimum atomic E-state index is -0.829. The number of hydrogen-bond donors (Lipinski definition) is 1. The second-order valence-corrected chi connectivity index (χ2v) is 5.52. The fourth-order valence-electron chi connectivity index (χ4n) is 1.17. The number of hydrogen-bond acceptors (Lipinski definition) is 5. The molecule has 0 saturated heterocycles. The van der Waals surface area contributed by atoms with Gasteiger partial charge in [-0.1, -0.05) is 11.8 Å². The first kappa shape index (κ1) is 18.3. The maximum atomic E-state index is 11.6. The molecular formula is C14H24N2O4. The van der Waals surface area contributed by atoms with Crippen molar-refractivity contribution in [1.82, 2.24) is 10.2 Å². The van der Waals surface area contributed by atoms with Gasteiger partial charge in [0, 0.05) is 6.42 Å². The molecule has 0 aromatic carbocycles. The third kappa shape index (κ3) is 9.22. The molecule has 1 atom stereocenters. The highest BCUT2D eigenvalue weighted by Gasteiger charge is 2.24. The van der Waals surface area contributed by atoms with Crippen LogP contribution in [-0.4, -0.2) is 56.4 Å². The van der Waals surface area contributed by atoms with Gasteiger partial charge in [0.1, 0.15) is 11.6 Å². The van der Waals surface area contributed by atoms with Crippen LogP contribution in [-0.2, 0) is 14.3 Å². The molecular weight excluding hydrogens is 260 g/mol. The molecule has 0 fully saturated rings. The van der Waals surface area contributed by atoms with E-state index in [9.17, 15) is 9.59 Å². The number of amides is 1. The molecule has 20 heavy (non-hydrogen) atoms. The minimum absolute atomic E-state index is 0.180. The normalized spacial score (nSPS) is 12.2. The van der Waals surface area contributed by atoms with Gasteiger partial charge in [-0.05, 0) is 34.9 Å². The van der Waals surface area contributed by atoms with Crippen molar-refractivity contribution in [2.75, 3.05) is 27.7 Å². The fourth-order valence-corrected chi connectivity index (χ4v) is 1.17. The van der Waals surface area contributed by atoms with Crippen LogP contribution in [0.2, 0.25) is 0 Å². The molecule has 0 aliphatic heterocycles. The van der Waals surface area contributed by atoms with Crippen LogP contribution in [0.4, 0.5) is 4.79 Å². The maximum Gasteiger partial charge on any atom is 0.408 e. The van der Waals surface area contributed by atoms with Gasteiger partial charge in [-0.25, -0.2) is 9.59 Å². The number of rotatable bonds is 4. The smallest absolute Gasteiger partial charge is 0.408 e. The van der Waals surface area contributed by atoms with Crippen LogP contribution >= 0.6 is 0 Å². The van der Waals surface area contributed by atoms with E-state index in [2.05, 4.69) is 21.9 Å². The topological polar surface area (TPSA) is 67.9 Å². The highest BCUT2D eigenvalue weighted by atomic mass is 16.6. The second-order valence-electron chi connectivity index (χ2n) is 5.52. The number of esters is 1. The Bertz CT molecular complexity index is 388. The van der Waals surface area contributed by atoms with Gasteiger partial charge in [0.25, 0.3) is 0 Å². The lowest BCUT2D eigenvalue weighted by Crippen LogP contribution is -2.43. The molecule has 0 aromatic rings. The number of nitrogens with one attached hydrogen (secondary N) is 1. The third-order valence-electron chi connectivity index (χ3n) is 2.00. The van der Waals surface area contributed by atoms with Gasteiger partial charge >= 0.3 is 12.1 Å². The van der Waals surface area contributed by atoms with E-state index in [-0.39, 0.29) is 6.42 Å². The van der Waals surface area contributed by atoms with Gasteiger partial charge < -0.3 is 14.8 Å². The van der Waals surface area contributed by atoms with Gasteiger partial charge in [0.05, 0.1) is 13.7 Å². The second kappa shape index (κ2) is 8.43. The van der Waals surface area contributed by atoms with E-state index in [1.807, 2.05) is 19.0 Å². The van der Waals surface area contributed by atoms with Gasteiger partial charge in [-0.2, -0.15) is 0 Å². The van der Waals surface area contributed by atoms with E-state index in [4.69, 9.17) is 4.74 Å². The molecule has 1 unspecified atom stereocenters. The SMILES string of the molecule is COC(=O)C(CC#CCN(C)C)NC(=O)OC(C)(C)C. The van der Waals surface area contributed by atoms with Crippen molar-refractivity contribution >= 4 is 12.1 Å². The zero-order valence-corrected chi connectivity index (χ0v) is 13.1. The predicted octanol–water partition coefficient (Wildman–Crippen LogP) is 1.01. The molecule has 0 saturated carbocycles. The molecule has 114 valence electrons. The van der Waals surface area contributed by atoms with Gasteiger partial charge in [-0.3, -0.25) is 4.90 Å². The number of methoxy groups -OCH3 is 1. The Labute approximate surface area is 120 Å². The lowest BCUT2D eigenvalue weighted by atomic mass is 10.2. The zero-order chi connectivity index (χ0) is 15.8. The lowest BCUT2D eigenvalue weighted by Gasteiger charge is -2.21. The summed E-state index contributed by atoms with van der Waals surface area (Å²) in [6.07, 6.45) is -0.484. The highest BCUT2D eigenvalue weighted by Crippen LogP contribution is 2.07. The van der Waals surface area contributed by atoms with Crippen molar-refractivity contribution in [2.45, 2.75) is 38.8 Å². The molecule has 0 spiro atoms. The predicted molar refractivity (Wildman–Crippen MR) is 76.1 cm³/mol. The summed E-state index contributed by atoms with van der Waals surface area (Å²) in [6.45, 7) is 5.82. The number of alkyl carbamates (subject to hydrolysis) is 1. The zero-order valence-electron chi connectivity index (χ0n) is 13.1. The molecule has 0 aromatic heterocycles. The van der Waals surface area contributed by atoms with E-state index in [1.165, 1.54) is 7.11 Å². The van der Waals surface area contributed by atoms with Gasteiger partial charge in [0.2, 0.25) is 0 Å². The van der Waals surface area contributed by atoms with Crippen LogP contribution in [0.5, 0.6) is 0 Å². The standard InChI is InChI=1S/C14H24N2O4/c1-14(2,3)20-13(18)15-11(12(17)19-6)9-7-8-10-16(4)5/h11H,9-10H2,1-6H3,(H,15,18). The van der Waals surface area contributed by atoms with Crippen LogP contribution in [0.25, 0.3) is 0 Å². The molecule has 0 aliphatic carbocycles. The summed E-state index contributed by atoms with van der Waals surface area (Å²) in [5.74, 6) is 5.18. The van der Waals surface area contributed by atoms with Crippen LogP contribution < -0.4 is 5.32 Å². The number of carbonyl (C=O) groups excluding carboxylic acids is 2. The Morgan fingerprint density at radius 2 is 1.85 bits per heavy atom. The van der Waals surface area contributed by atoms with E-state index >= 15 is 0 Å². The quantitative estimate of drug-likeness (QED) is 0.616. The summed E-state index contributed by atoms with van der Waals surface area (Å²) >= 11 is 0. The molecule has 1 N–H and O–H groups in total. The molecule has 0 radical (unpaired) electrons. The van der Waals surface area contributed by atoms with Crippen molar-refractivity contribution in [3.05, 3.63) is 0 Å². The first-order valence-corrected chi connectivity index (χ1v) is 6.33. The summed E-state index contributed by atoms with van der Waals surface area (Å²) in [4.78, 5) is 25.1. The Kier molecular flexibility index (Phi) is 7.70. The van der Waals surface area contributed by atoms with Gasteiger partial charge in [0.15, 0.2) is 0 Å². The monoisotopic (exact) mass is 284 g/mol. The number of carbonyl (C=O) groups is 2. The van der Waals surface area contributed by atoms with E-state index in [0.717, 1.165) is 0 Å². The fraction of sp³-hybridized carbons (Fsp3) is 0.714. The van der Waals surface area contributed by atoms with Crippen LogP contribution in [0.15, 0.2) is 0 Å². The first-order chi connectivity index (χ1) is 9.15. The van der Waals surface area contributed by atoms with E-state index in [0.29, 0.717) is 6.54 Å². The van der Waals surface area contributed by atoms with Crippen LogP contribution in [0, 0.1) is 11.8 Å².